The number of carbonyl (C=O) groups is 3. The van der Waals surface area contributed by atoms with Crippen molar-refractivity contribution in [2.24, 2.45) is 0 Å². The van der Waals surface area contributed by atoms with E-state index in [0.29, 0.717) is 38.3 Å². The number of benzene rings is 1. The zero-order valence-electron chi connectivity index (χ0n) is 23.5. The number of anilines is 1. The largest absolute Gasteiger partial charge is 0.368 e. The highest BCUT2D eigenvalue weighted by Crippen LogP contribution is 2.38. The minimum Gasteiger partial charge on any atom is -0.368 e. The first-order chi connectivity index (χ1) is 18.8. The van der Waals surface area contributed by atoms with E-state index < -0.39 is 0 Å². The monoisotopic (exact) mass is 532 g/mol. The van der Waals surface area contributed by atoms with Crippen LogP contribution in [0.2, 0.25) is 0 Å². The lowest BCUT2D eigenvalue weighted by Crippen LogP contribution is -2.52. The lowest BCUT2D eigenvalue weighted by atomic mass is 9.85. The molecule has 0 unspecified atom stereocenters. The molecule has 3 aliphatic heterocycles. The SMILES string of the molecule is Cc1cccc(N2CCN(C(=O)Cn3nc(C(=O)N4CCC5(CCC(=O)N5C)CC4)c4c3CCC4)CC2)c1C. The maximum absolute atomic E-state index is 13.6. The van der Waals surface area contributed by atoms with E-state index in [1.807, 2.05) is 26.4 Å². The number of piperazine rings is 1. The molecule has 3 amide bonds. The summed E-state index contributed by atoms with van der Waals surface area (Å²) in [7, 11) is 1.90. The quantitative estimate of drug-likeness (QED) is 0.605. The normalized spacial score (nSPS) is 20.7. The van der Waals surface area contributed by atoms with Crippen molar-refractivity contribution in [2.75, 3.05) is 51.2 Å². The zero-order valence-corrected chi connectivity index (χ0v) is 23.5. The van der Waals surface area contributed by atoms with Crippen molar-refractivity contribution in [3.63, 3.8) is 0 Å². The second kappa shape index (κ2) is 9.99. The van der Waals surface area contributed by atoms with Gasteiger partial charge in [-0.3, -0.25) is 19.1 Å². The minimum absolute atomic E-state index is 0.0247. The smallest absolute Gasteiger partial charge is 0.274 e. The zero-order chi connectivity index (χ0) is 27.3. The van der Waals surface area contributed by atoms with Crippen LogP contribution in [-0.2, 0) is 29.0 Å². The number of hydrogen-bond acceptors (Lipinski definition) is 5. The Kier molecular flexibility index (Phi) is 6.63. The summed E-state index contributed by atoms with van der Waals surface area (Å²) in [6.45, 7) is 8.77. The molecule has 1 aliphatic carbocycles. The van der Waals surface area contributed by atoms with Gasteiger partial charge in [-0.15, -0.1) is 0 Å². The maximum Gasteiger partial charge on any atom is 0.274 e. The van der Waals surface area contributed by atoms with Gasteiger partial charge in [-0.2, -0.15) is 5.10 Å². The molecule has 1 aromatic heterocycles. The minimum atomic E-state index is -0.0936. The van der Waals surface area contributed by atoms with E-state index in [-0.39, 0.29) is 29.8 Å². The standard InChI is InChI=1S/C30H40N6O3/c1-21-6-4-8-24(22(21)2)33-16-18-34(19-17-33)27(38)20-36-25-9-5-7-23(25)28(31-36)29(39)35-14-12-30(13-15-35)11-10-26(37)32(30)3/h4,6,8H,5,7,9-20H2,1-3H3. The van der Waals surface area contributed by atoms with Crippen molar-refractivity contribution < 1.29 is 14.4 Å². The van der Waals surface area contributed by atoms with Crippen molar-refractivity contribution in [3.05, 3.63) is 46.3 Å². The first-order valence-corrected chi connectivity index (χ1v) is 14.5. The van der Waals surface area contributed by atoms with Crippen molar-refractivity contribution in [3.8, 4) is 0 Å². The molecule has 1 spiro atoms. The Morgan fingerprint density at radius 2 is 1.67 bits per heavy atom. The van der Waals surface area contributed by atoms with Crippen molar-refractivity contribution in [1.29, 1.82) is 0 Å². The fourth-order valence-corrected chi connectivity index (χ4v) is 7.12. The summed E-state index contributed by atoms with van der Waals surface area (Å²) < 4.78 is 1.81. The first-order valence-electron chi connectivity index (χ1n) is 14.5. The lowest BCUT2D eigenvalue weighted by molar-refractivity contribution is -0.132. The van der Waals surface area contributed by atoms with E-state index in [2.05, 4.69) is 36.9 Å². The second-order valence-corrected chi connectivity index (χ2v) is 11.8. The number of rotatable bonds is 4. The van der Waals surface area contributed by atoms with Crippen molar-refractivity contribution in [1.82, 2.24) is 24.5 Å². The molecule has 1 aromatic carbocycles. The molecule has 3 saturated heterocycles. The van der Waals surface area contributed by atoms with E-state index in [4.69, 9.17) is 5.10 Å². The fraction of sp³-hybridized carbons (Fsp3) is 0.600. The third-order valence-corrected chi connectivity index (χ3v) is 9.91. The van der Waals surface area contributed by atoms with E-state index >= 15 is 0 Å². The Morgan fingerprint density at radius 3 is 2.36 bits per heavy atom. The summed E-state index contributed by atoms with van der Waals surface area (Å²) in [4.78, 5) is 47.2. The van der Waals surface area contributed by atoms with E-state index in [1.165, 1.54) is 16.8 Å². The van der Waals surface area contributed by atoms with E-state index in [9.17, 15) is 14.4 Å². The van der Waals surface area contributed by atoms with Gasteiger partial charge in [0.25, 0.3) is 5.91 Å². The van der Waals surface area contributed by atoms with Crippen LogP contribution in [0.4, 0.5) is 5.69 Å². The molecule has 0 N–H and O–H groups in total. The topological polar surface area (TPSA) is 82.0 Å². The highest BCUT2D eigenvalue weighted by molar-refractivity contribution is 5.94. The van der Waals surface area contributed by atoms with Crippen LogP contribution < -0.4 is 4.90 Å². The molecule has 0 saturated carbocycles. The molecule has 2 aromatic rings. The van der Waals surface area contributed by atoms with Gasteiger partial charge in [0, 0.05) is 75.2 Å². The number of aryl methyl sites for hydroxylation is 1. The molecular weight excluding hydrogens is 492 g/mol. The van der Waals surface area contributed by atoms with Gasteiger partial charge in [-0.05, 0) is 69.6 Å². The molecule has 4 heterocycles. The van der Waals surface area contributed by atoms with Crippen LogP contribution in [0.5, 0.6) is 0 Å². The first kappa shape index (κ1) is 25.9. The molecule has 39 heavy (non-hydrogen) atoms. The third-order valence-electron chi connectivity index (χ3n) is 9.91. The molecule has 0 bridgehead atoms. The van der Waals surface area contributed by atoms with Crippen LogP contribution in [0.15, 0.2) is 18.2 Å². The molecule has 9 heteroatoms. The Labute approximate surface area is 230 Å². The van der Waals surface area contributed by atoms with Crippen molar-refractivity contribution >= 4 is 23.4 Å². The number of nitrogens with zero attached hydrogens (tertiary/aromatic N) is 6. The van der Waals surface area contributed by atoms with Crippen molar-refractivity contribution in [2.45, 2.75) is 70.9 Å². The highest BCUT2D eigenvalue weighted by atomic mass is 16.2. The summed E-state index contributed by atoms with van der Waals surface area (Å²) in [5, 5.41) is 4.74. The number of likely N-dealkylation sites (tertiary alicyclic amines) is 2. The average Bonchev–Trinajstić information content (AvgIpc) is 3.63. The highest BCUT2D eigenvalue weighted by Gasteiger charge is 2.46. The predicted octanol–water partition coefficient (Wildman–Crippen LogP) is 2.56. The lowest BCUT2D eigenvalue weighted by Gasteiger charge is -2.43. The summed E-state index contributed by atoms with van der Waals surface area (Å²) in [6.07, 6.45) is 5.82. The summed E-state index contributed by atoms with van der Waals surface area (Å²) in [5.74, 6) is 0.256. The van der Waals surface area contributed by atoms with Gasteiger partial charge in [0.05, 0.1) is 0 Å². The van der Waals surface area contributed by atoms with Gasteiger partial charge in [0.2, 0.25) is 11.8 Å². The Balaban J connectivity index is 1.10. The van der Waals surface area contributed by atoms with E-state index in [1.54, 1.807) is 0 Å². The number of carbonyl (C=O) groups excluding carboxylic acids is 3. The van der Waals surface area contributed by atoms with Crippen LogP contribution in [0, 0.1) is 13.8 Å². The Bertz CT molecular complexity index is 1300. The molecule has 0 radical (unpaired) electrons. The molecule has 9 nitrogen and oxygen atoms in total. The summed E-state index contributed by atoms with van der Waals surface area (Å²) in [6, 6.07) is 6.40. The average molecular weight is 533 g/mol. The van der Waals surface area contributed by atoms with E-state index in [0.717, 1.165) is 62.9 Å². The summed E-state index contributed by atoms with van der Waals surface area (Å²) >= 11 is 0. The van der Waals surface area contributed by atoms with Crippen LogP contribution in [0.3, 0.4) is 0 Å². The Morgan fingerprint density at radius 1 is 0.923 bits per heavy atom. The Hall–Kier alpha value is -3.36. The fourth-order valence-electron chi connectivity index (χ4n) is 7.12. The van der Waals surface area contributed by atoms with Gasteiger partial charge in [0.15, 0.2) is 5.69 Å². The molecule has 4 aliphatic rings. The van der Waals surface area contributed by atoms with Gasteiger partial charge in [0.1, 0.15) is 6.54 Å². The predicted molar refractivity (Wildman–Crippen MR) is 149 cm³/mol. The summed E-state index contributed by atoms with van der Waals surface area (Å²) in [5.41, 5.74) is 6.36. The third kappa shape index (κ3) is 4.49. The van der Waals surface area contributed by atoms with Gasteiger partial charge < -0.3 is 19.6 Å². The number of hydrogen-bond donors (Lipinski definition) is 0. The molecule has 3 fully saturated rings. The van der Waals surface area contributed by atoms with Gasteiger partial charge in [-0.1, -0.05) is 12.1 Å². The molecule has 6 rings (SSSR count). The van der Waals surface area contributed by atoms with Crippen LogP contribution in [0.25, 0.3) is 0 Å². The second-order valence-electron chi connectivity index (χ2n) is 11.8. The van der Waals surface area contributed by atoms with Gasteiger partial charge in [-0.25, -0.2) is 0 Å². The number of fused-ring (bicyclic) bond motifs is 1. The van der Waals surface area contributed by atoms with Crippen LogP contribution in [-0.4, -0.2) is 94.1 Å². The maximum atomic E-state index is 13.6. The molecular formula is C30H40N6O3. The molecule has 208 valence electrons. The van der Waals surface area contributed by atoms with Gasteiger partial charge >= 0.3 is 0 Å². The van der Waals surface area contributed by atoms with Crippen LogP contribution in [0.1, 0.15) is 65.0 Å². The number of amides is 3. The number of piperidine rings is 1. The van der Waals surface area contributed by atoms with Crippen LogP contribution >= 0.6 is 0 Å². The number of aromatic nitrogens is 2. The molecule has 0 atom stereocenters.